The predicted octanol–water partition coefficient (Wildman–Crippen LogP) is 6.69. The highest BCUT2D eigenvalue weighted by atomic mass is 35.5. The van der Waals surface area contributed by atoms with Gasteiger partial charge >= 0.3 is 6.18 Å². The maximum atomic E-state index is 14.0. The molecule has 0 radical (unpaired) electrons. The highest BCUT2D eigenvalue weighted by Gasteiger charge is 2.35. The smallest absolute Gasteiger partial charge is 0.302 e. The van der Waals surface area contributed by atoms with E-state index in [1.54, 1.807) is 23.0 Å². The van der Waals surface area contributed by atoms with E-state index in [1.165, 1.54) is 6.07 Å². The molecule has 0 bridgehead atoms. The minimum absolute atomic E-state index is 0.0691. The fraction of sp³-hybridized carbons (Fsp3) is 0.185. The van der Waals surface area contributed by atoms with E-state index < -0.39 is 17.8 Å². The Morgan fingerprint density at radius 2 is 1.74 bits per heavy atom. The van der Waals surface area contributed by atoms with Gasteiger partial charge in [-0.15, -0.1) is 0 Å². The number of amides is 1. The minimum atomic E-state index is -4.73. The molecule has 0 atom stereocenters. The first-order chi connectivity index (χ1) is 18.1. The second-order valence-corrected chi connectivity index (χ2v) is 9.47. The molecule has 0 aliphatic heterocycles. The summed E-state index contributed by atoms with van der Waals surface area (Å²) in [5.41, 5.74) is 1.25. The first-order valence-corrected chi connectivity index (χ1v) is 12.1. The van der Waals surface area contributed by atoms with Crippen molar-refractivity contribution in [2.45, 2.75) is 32.5 Å². The molecule has 0 aliphatic carbocycles. The van der Waals surface area contributed by atoms with Crippen LogP contribution in [-0.4, -0.2) is 30.3 Å². The van der Waals surface area contributed by atoms with Crippen LogP contribution in [-0.2, 0) is 12.7 Å². The molecule has 38 heavy (non-hydrogen) atoms. The molecule has 3 heterocycles. The van der Waals surface area contributed by atoms with Crippen LogP contribution in [0.4, 0.5) is 19.0 Å². The van der Waals surface area contributed by atoms with Crippen molar-refractivity contribution in [3.63, 3.8) is 0 Å². The molecule has 2 aromatic carbocycles. The number of halogens is 4. The van der Waals surface area contributed by atoms with Gasteiger partial charge in [-0.2, -0.15) is 23.4 Å². The van der Waals surface area contributed by atoms with Gasteiger partial charge in [-0.25, -0.2) is 9.50 Å². The van der Waals surface area contributed by atoms with Crippen molar-refractivity contribution >= 4 is 29.0 Å². The van der Waals surface area contributed by atoms with E-state index in [0.717, 1.165) is 17.2 Å². The quantitative estimate of drug-likeness (QED) is 0.261. The molecule has 0 unspecified atom stereocenters. The van der Waals surface area contributed by atoms with Crippen LogP contribution in [0.25, 0.3) is 16.9 Å². The van der Waals surface area contributed by atoms with Gasteiger partial charge in [0, 0.05) is 17.8 Å². The summed E-state index contributed by atoms with van der Waals surface area (Å²) in [6.45, 7) is 4.48. The van der Waals surface area contributed by atoms with Crippen LogP contribution < -0.4 is 5.32 Å². The van der Waals surface area contributed by atoms with E-state index >= 15 is 0 Å². The molecule has 5 rings (SSSR count). The Morgan fingerprint density at radius 3 is 2.39 bits per heavy atom. The van der Waals surface area contributed by atoms with Crippen molar-refractivity contribution in [1.29, 1.82) is 0 Å². The van der Waals surface area contributed by atoms with Crippen LogP contribution in [0.15, 0.2) is 72.9 Å². The largest absolute Gasteiger partial charge is 0.433 e. The van der Waals surface area contributed by atoms with E-state index in [9.17, 15) is 18.0 Å². The lowest BCUT2D eigenvalue weighted by molar-refractivity contribution is -0.142. The number of benzene rings is 2. The SMILES string of the molecule is CC(C)c1ccc(-c2cc(C(F)(F)F)n3nc(C(=O)Nc4nn(Cc5ccccc5)cc4Cl)cc3n2)cc1. The highest BCUT2D eigenvalue weighted by molar-refractivity contribution is 6.33. The van der Waals surface area contributed by atoms with Crippen molar-refractivity contribution in [2.24, 2.45) is 0 Å². The molecular formula is C27H22ClF3N6O. The van der Waals surface area contributed by atoms with Gasteiger partial charge in [0.15, 0.2) is 22.9 Å². The Kier molecular flexibility index (Phi) is 6.66. The number of carbonyl (C=O) groups excluding carboxylic acids is 1. The van der Waals surface area contributed by atoms with Gasteiger partial charge in [0.05, 0.1) is 12.2 Å². The van der Waals surface area contributed by atoms with E-state index in [4.69, 9.17) is 11.6 Å². The zero-order valence-corrected chi connectivity index (χ0v) is 21.1. The Balaban J connectivity index is 1.45. The van der Waals surface area contributed by atoms with Crippen LogP contribution in [0, 0.1) is 0 Å². The fourth-order valence-electron chi connectivity index (χ4n) is 3.98. The van der Waals surface area contributed by atoms with Crippen LogP contribution in [0.1, 0.15) is 47.1 Å². The molecular weight excluding hydrogens is 517 g/mol. The van der Waals surface area contributed by atoms with Gasteiger partial charge in [-0.05, 0) is 23.1 Å². The number of nitrogens with one attached hydrogen (secondary N) is 1. The van der Waals surface area contributed by atoms with Crippen LogP contribution in [0.2, 0.25) is 5.02 Å². The first-order valence-electron chi connectivity index (χ1n) is 11.7. The molecule has 11 heteroatoms. The third-order valence-electron chi connectivity index (χ3n) is 5.96. The van der Waals surface area contributed by atoms with Gasteiger partial charge in [-0.3, -0.25) is 9.48 Å². The van der Waals surface area contributed by atoms with E-state index in [1.807, 2.05) is 56.3 Å². The lowest BCUT2D eigenvalue weighted by Crippen LogP contribution is -2.16. The second-order valence-electron chi connectivity index (χ2n) is 9.06. The van der Waals surface area contributed by atoms with E-state index in [2.05, 4.69) is 20.5 Å². The molecule has 3 aromatic heterocycles. The van der Waals surface area contributed by atoms with Crippen LogP contribution in [0.3, 0.4) is 0 Å². The normalized spacial score (nSPS) is 11.9. The van der Waals surface area contributed by atoms with Crippen LogP contribution >= 0.6 is 11.6 Å². The molecule has 1 N–H and O–H groups in total. The Hall–Kier alpha value is -4.18. The van der Waals surface area contributed by atoms with Crippen molar-refractivity contribution < 1.29 is 18.0 Å². The summed E-state index contributed by atoms with van der Waals surface area (Å²) in [5, 5.41) is 10.9. The average molecular weight is 539 g/mol. The van der Waals surface area contributed by atoms with Crippen molar-refractivity contribution in [3.05, 3.63) is 100 Å². The zero-order valence-electron chi connectivity index (χ0n) is 20.4. The summed E-state index contributed by atoms with van der Waals surface area (Å²) in [6.07, 6.45) is -3.18. The summed E-state index contributed by atoms with van der Waals surface area (Å²) in [5.74, 6) is -0.419. The molecule has 0 spiro atoms. The molecule has 1 amide bonds. The number of anilines is 1. The minimum Gasteiger partial charge on any atom is -0.302 e. The summed E-state index contributed by atoms with van der Waals surface area (Å²) in [6, 6.07) is 18.8. The average Bonchev–Trinajstić information content (AvgIpc) is 3.46. The number of hydrogen-bond acceptors (Lipinski definition) is 4. The molecule has 0 saturated heterocycles. The van der Waals surface area contributed by atoms with E-state index in [-0.39, 0.29) is 33.8 Å². The number of hydrogen-bond donors (Lipinski definition) is 1. The van der Waals surface area contributed by atoms with E-state index in [0.29, 0.717) is 16.6 Å². The van der Waals surface area contributed by atoms with Gasteiger partial charge in [0.2, 0.25) is 0 Å². The zero-order chi connectivity index (χ0) is 27.0. The third kappa shape index (κ3) is 5.26. The maximum Gasteiger partial charge on any atom is 0.433 e. The Labute approximate surface area is 220 Å². The van der Waals surface area contributed by atoms with Gasteiger partial charge in [-0.1, -0.05) is 80.0 Å². The number of rotatable bonds is 6. The lowest BCUT2D eigenvalue weighted by Gasteiger charge is -2.11. The molecule has 7 nitrogen and oxygen atoms in total. The summed E-state index contributed by atoms with van der Waals surface area (Å²) >= 11 is 6.24. The predicted molar refractivity (Wildman–Crippen MR) is 138 cm³/mol. The fourth-order valence-corrected chi connectivity index (χ4v) is 4.18. The number of aromatic nitrogens is 5. The van der Waals surface area contributed by atoms with Crippen LogP contribution in [0.5, 0.6) is 0 Å². The topological polar surface area (TPSA) is 77.1 Å². The standard InChI is InChI=1S/C27H22ClF3N6O/c1-16(2)18-8-10-19(11-9-18)21-12-23(27(29,30)31)37-24(32-21)13-22(34-37)26(38)33-25-20(28)15-36(35-25)14-17-6-4-3-5-7-17/h3-13,15-16H,14H2,1-2H3,(H,33,35,38). The van der Waals surface area contributed by atoms with Gasteiger partial charge in [0.1, 0.15) is 5.02 Å². The molecule has 0 aliphatic rings. The Bertz CT molecular complexity index is 1610. The maximum absolute atomic E-state index is 14.0. The molecule has 0 saturated carbocycles. The van der Waals surface area contributed by atoms with Crippen molar-refractivity contribution in [1.82, 2.24) is 24.4 Å². The number of alkyl halides is 3. The number of carbonyl (C=O) groups is 1. The van der Waals surface area contributed by atoms with Crippen molar-refractivity contribution in [3.8, 4) is 11.3 Å². The van der Waals surface area contributed by atoms with Crippen molar-refractivity contribution in [2.75, 3.05) is 5.32 Å². The third-order valence-corrected chi connectivity index (χ3v) is 6.24. The van der Waals surface area contributed by atoms with Gasteiger partial charge < -0.3 is 5.32 Å². The number of fused-ring (bicyclic) bond motifs is 1. The highest BCUT2D eigenvalue weighted by Crippen LogP contribution is 2.33. The molecule has 0 fully saturated rings. The first kappa shape index (κ1) is 25.5. The van der Waals surface area contributed by atoms with Gasteiger partial charge in [0.25, 0.3) is 5.91 Å². The summed E-state index contributed by atoms with van der Waals surface area (Å²) in [4.78, 5) is 17.3. The molecule has 5 aromatic rings. The Morgan fingerprint density at radius 1 is 1.03 bits per heavy atom. The number of nitrogens with zero attached hydrogens (tertiary/aromatic N) is 5. The second kappa shape index (κ2) is 9.94. The summed E-state index contributed by atoms with van der Waals surface area (Å²) < 4.78 is 44.0. The lowest BCUT2D eigenvalue weighted by atomic mass is 10.0. The monoisotopic (exact) mass is 538 g/mol. The summed E-state index contributed by atoms with van der Waals surface area (Å²) in [7, 11) is 0. The molecule has 194 valence electrons.